The van der Waals surface area contributed by atoms with Crippen LogP contribution in [0.15, 0.2) is 48.5 Å². The Hall–Kier alpha value is -2.24. The number of benzene rings is 2. The van der Waals surface area contributed by atoms with E-state index in [1.54, 1.807) is 16.8 Å². The number of aromatic nitrogens is 4. The van der Waals surface area contributed by atoms with Crippen LogP contribution in [0.2, 0.25) is 10.0 Å². The van der Waals surface area contributed by atoms with Crippen LogP contribution >= 0.6 is 23.2 Å². The number of tetrazole rings is 1. The number of rotatable bonds is 6. The van der Waals surface area contributed by atoms with Crippen molar-refractivity contribution in [3.05, 3.63) is 64.1 Å². The zero-order chi connectivity index (χ0) is 16.9. The molecule has 122 valence electrons. The van der Waals surface area contributed by atoms with E-state index in [1.165, 1.54) is 0 Å². The maximum atomic E-state index is 11.1. The first-order valence-electron chi connectivity index (χ1n) is 7.39. The number of hydrogen-bond donors (Lipinski definition) is 0. The second-order valence-electron chi connectivity index (χ2n) is 5.32. The number of halogens is 2. The molecule has 0 spiro atoms. The Labute approximate surface area is 149 Å². The van der Waals surface area contributed by atoms with Gasteiger partial charge in [-0.1, -0.05) is 59.6 Å². The Morgan fingerprint density at radius 2 is 1.88 bits per heavy atom. The highest BCUT2D eigenvalue weighted by Crippen LogP contribution is 2.29. The molecule has 3 rings (SSSR count). The Morgan fingerprint density at radius 3 is 2.58 bits per heavy atom. The van der Waals surface area contributed by atoms with Crippen LogP contribution in [-0.2, 0) is 11.3 Å². The third kappa shape index (κ3) is 3.63. The molecule has 0 aliphatic rings. The van der Waals surface area contributed by atoms with Crippen molar-refractivity contribution in [1.29, 1.82) is 0 Å². The van der Waals surface area contributed by atoms with Crippen LogP contribution in [0.5, 0.6) is 0 Å². The lowest BCUT2D eigenvalue weighted by Gasteiger charge is -2.16. The number of nitrogens with zero attached hydrogens (tertiary/aromatic N) is 4. The first kappa shape index (κ1) is 16.6. The highest BCUT2D eigenvalue weighted by Gasteiger charge is 2.17. The molecule has 7 heteroatoms. The van der Waals surface area contributed by atoms with Crippen LogP contribution in [0.25, 0.3) is 11.4 Å². The van der Waals surface area contributed by atoms with Crippen molar-refractivity contribution in [2.24, 2.45) is 0 Å². The summed E-state index contributed by atoms with van der Waals surface area (Å²) in [5.41, 5.74) is 1.84. The van der Waals surface area contributed by atoms with Crippen LogP contribution in [0.1, 0.15) is 17.9 Å². The normalized spacial score (nSPS) is 12.1. The van der Waals surface area contributed by atoms with Crippen LogP contribution in [0, 0.1) is 0 Å². The standard InChI is InChI=1S/C17H14Cl2N4O/c18-15-7-6-13(10-16(15)19)14(8-9-24)11-23-17(20-21-22-23)12-4-2-1-3-5-12/h1-7,9-10,14H,8,11H2/t14-/m1/s1. The fraction of sp³-hybridized carbons (Fsp3) is 0.176. The van der Waals surface area contributed by atoms with Crippen molar-refractivity contribution < 1.29 is 4.79 Å². The molecule has 0 fully saturated rings. The monoisotopic (exact) mass is 360 g/mol. The molecule has 0 bridgehead atoms. The van der Waals surface area contributed by atoms with Gasteiger partial charge in [0, 0.05) is 17.9 Å². The third-order valence-corrected chi connectivity index (χ3v) is 4.49. The lowest BCUT2D eigenvalue weighted by Crippen LogP contribution is -2.13. The van der Waals surface area contributed by atoms with Gasteiger partial charge in [0.2, 0.25) is 0 Å². The smallest absolute Gasteiger partial charge is 0.182 e. The van der Waals surface area contributed by atoms with Gasteiger partial charge >= 0.3 is 0 Å². The van der Waals surface area contributed by atoms with Crippen LogP contribution in [0.4, 0.5) is 0 Å². The van der Waals surface area contributed by atoms with Crippen LogP contribution < -0.4 is 0 Å². The molecule has 0 saturated heterocycles. The number of hydrogen-bond acceptors (Lipinski definition) is 4. The predicted octanol–water partition coefficient (Wildman–Crippen LogP) is 4.02. The summed E-state index contributed by atoms with van der Waals surface area (Å²) in [6.45, 7) is 0.466. The van der Waals surface area contributed by atoms with Crippen molar-refractivity contribution in [1.82, 2.24) is 20.2 Å². The molecule has 2 aromatic carbocycles. The van der Waals surface area contributed by atoms with Crippen molar-refractivity contribution in [2.45, 2.75) is 18.9 Å². The molecule has 3 aromatic rings. The largest absolute Gasteiger partial charge is 0.303 e. The van der Waals surface area contributed by atoms with E-state index in [-0.39, 0.29) is 5.92 Å². The Morgan fingerprint density at radius 1 is 1.08 bits per heavy atom. The van der Waals surface area contributed by atoms with Gasteiger partial charge in [0.25, 0.3) is 0 Å². The van der Waals surface area contributed by atoms with Crippen molar-refractivity contribution in [2.75, 3.05) is 0 Å². The molecule has 0 aliphatic heterocycles. The molecule has 24 heavy (non-hydrogen) atoms. The molecule has 0 amide bonds. The van der Waals surface area contributed by atoms with Crippen LogP contribution in [0.3, 0.4) is 0 Å². The van der Waals surface area contributed by atoms with Gasteiger partial charge in [-0.3, -0.25) is 0 Å². The van der Waals surface area contributed by atoms with Crippen molar-refractivity contribution in [3.8, 4) is 11.4 Å². The highest BCUT2D eigenvalue weighted by molar-refractivity contribution is 6.42. The van der Waals surface area contributed by atoms with Gasteiger partial charge in [0.05, 0.1) is 16.6 Å². The zero-order valence-corrected chi connectivity index (χ0v) is 14.2. The van der Waals surface area contributed by atoms with E-state index in [0.717, 1.165) is 17.4 Å². The minimum atomic E-state index is -0.0942. The van der Waals surface area contributed by atoms with E-state index in [1.807, 2.05) is 36.4 Å². The van der Waals surface area contributed by atoms with E-state index < -0.39 is 0 Å². The predicted molar refractivity (Wildman–Crippen MR) is 93.1 cm³/mol. The summed E-state index contributed by atoms with van der Waals surface area (Å²) in [5, 5.41) is 12.9. The Bertz CT molecular complexity index is 836. The quantitative estimate of drug-likeness (QED) is 0.622. The van der Waals surface area contributed by atoms with Gasteiger partial charge < -0.3 is 4.79 Å². The summed E-state index contributed by atoms with van der Waals surface area (Å²) < 4.78 is 1.70. The molecule has 0 N–H and O–H groups in total. The number of carbonyl (C=O) groups is 1. The molecule has 5 nitrogen and oxygen atoms in total. The molecule has 1 heterocycles. The summed E-state index contributed by atoms with van der Waals surface area (Å²) in [6, 6.07) is 15.1. The molecule has 0 saturated carbocycles. The minimum absolute atomic E-state index is 0.0942. The van der Waals surface area contributed by atoms with Gasteiger partial charge in [-0.2, -0.15) is 0 Å². The fourth-order valence-corrected chi connectivity index (χ4v) is 2.84. The summed E-state index contributed by atoms with van der Waals surface area (Å²) >= 11 is 12.1. The van der Waals surface area contributed by atoms with Crippen LogP contribution in [-0.4, -0.2) is 26.5 Å². The number of aldehydes is 1. The molecule has 0 unspecified atom stereocenters. The average molecular weight is 361 g/mol. The lowest BCUT2D eigenvalue weighted by atomic mass is 9.96. The maximum Gasteiger partial charge on any atom is 0.182 e. The first-order chi connectivity index (χ1) is 11.7. The fourth-order valence-electron chi connectivity index (χ4n) is 2.53. The summed E-state index contributed by atoms with van der Waals surface area (Å²) in [6.07, 6.45) is 1.23. The zero-order valence-electron chi connectivity index (χ0n) is 12.6. The molecular formula is C17H14Cl2N4O. The van der Waals surface area contributed by atoms with E-state index in [2.05, 4.69) is 15.5 Å². The topological polar surface area (TPSA) is 60.7 Å². The SMILES string of the molecule is O=CC[C@H](Cn1nnnc1-c1ccccc1)c1ccc(Cl)c(Cl)c1. The summed E-state index contributed by atoms with van der Waals surface area (Å²) in [7, 11) is 0. The van der Waals surface area contributed by atoms with Crippen molar-refractivity contribution >= 4 is 29.5 Å². The average Bonchev–Trinajstić information content (AvgIpc) is 3.06. The molecule has 0 radical (unpaired) electrons. The maximum absolute atomic E-state index is 11.1. The first-order valence-corrected chi connectivity index (χ1v) is 8.15. The lowest BCUT2D eigenvalue weighted by molar-refractivity contribution is -0.108. The van der Waals surface area contributed by atoms with E-state index in [9.17, 15) is 4.79 Å². The Balaban J connectivity index is 1.91. The molecule has 1 atom stereocenters. The van der Waals surface area contributed by atoms with E-state index >= 15 is 0 Å². The van der Waals surface area contributed by atoms with E-state index in [0.29, 0.717) is 28.8 Å². The second-order valence-corrected chi connectivity index (χ2v) is 6.14. The van der Waals surface area contributed by atoms with Crippen molar-refractivity contribution in [3.63, 3.8) is 0 Å². The van der Waals surface area contributed by atoms with E-state index in [4.69, 9.17) is 23.2 Å². The van der Waals surface area contributed by atoms with Gasteiger partial charge in [-0.05, 0) is 28.1 Å². The third-order valence-electron chi connectivity index (χ3n) is 3.75. The molecular weight excluding hydrogens is 347 g/mol. The summed E-state index contributed by atoms with van der Waals surface area (Å²) in [4.78, 5) is 11.1. The van der Waals surface area contributed by atoms with Gasteiger partial charge in [0.15, 0.2) is 5.82 Å². The highest BCUT2D eigenvalue weighted by atomic mass is 35.5. The van der Waals surface area contributed by atoms with Gasteiger partial charge in [-0.15, -0.1) is 5.10 Å². The van der Waals surface area contributed by atoms with Gasteiger partial charge in [0.1, 0.15) is 6.29 Å². The Kier molecular flexibility index (Phi) is 5.23. The minimum Gasteiger partial charge on any atom is -0.303 e. The van der Waals surface area contributed by atoms with Gasteiger partial charge in [-0.25, -0.2) is 4.68 Å². The summed E-state index contributed by atoms with van der Waals surface area (Å²) in [5.74, 6) is 0.565. The number of carbonyl (C=O) groups excluding carboxylic acids is 1. The molecule has 0 aliphatic carbocycles. The molecule has 1 aromatic heterocycles. The second kappa shape index (κ2) is 7.55.